The summed E-state index contributed by atoms with van der Waals surface area (Å²) >= 11 is 0. The Morgan fingerprint density at radius 1 is 1.40 bits per heavy atom. The molecule has 1 unspecified atom stereocenters. The summed E-state index contributed by atoms with van der Waals surface area (Å²) in [6, 6.07) is 0. The second-order valence-corrected chi connectivity index (χ2v) is 5.19. The van der Waals surface area contributed by atoms with Crippen LogP contribution in [-0.2, 0) is 0 Å². The molecule has 0 bridgehead atoms. The highest BCUT2D eigenvalue weighted by Gasteiger charge is 2.30. The van der Waals surface area contributed by atoms with E-state index in [2.05, 4.69) is 30.0 Å². The van der Waals surface area contributed by atoms with E-state index in [0.717, 1.165) is 6.17 Å². The van der Waals surface area contributed by atoms with E-state index in [1.54, 1.807) is 0 Å². The molecular weight excluding hydrogens is 140 g/mol. The first-order valence-corrected chi connectivity index (χ1v) is 5.50. The van der Waals surface area contributed by atoms with Gasteiger partial charge in [-0.3, -0.25) is 0 Å². The van der Waals surface area contributed by atoms with Gasteiger partial charge in [-0.05, 0) is 26.4 Å². The van der Waals surface area contributed by atoms with Gasteiger partial charge in [-0.2, -0.15) is 0 Å². The van der Waals surface area contributed by atoms with Gasteiger partial charge in [0, 0.05) is 0 Å². The first kappa shape index (κ1) is 8.24. The molecule has 0 aliphatic carbocycles. The normalized spacial score (nSPS) is 30.9. The zero-order chi connectivity index (χ0) is 7.56. The SMILES string of the molecule is CCCN1[SiH2]N(C)C1CC. The molecule has 1 aliphatic heterocycles. The minimum atomic E-state index is 0.0406. The highest BCUT2D eigenvalue weighted by atomic mass is 28.2. The molecule has 0 amide bonds. The Balaban J connectivity index is 2.23. The fourth-order valence-electron chi connectivity index (χ4n) is 1.73. The molecule has 1 atom stereocenters. The van der Waals surface area contributed by atoms with Crippen LogP contribution in [0.25, 0.3) is 0 Å². The van der Waals surface area contributed by atoms with Crippen molar-refractivity contribution in [1.29, 1.82) is 0 Å². The summed E-state index contributed by atoms with van der Waals surface area (Å²) in [5.41, 5.74) is 0. The number of rotatable bonds is 3. The summed E-state index contributed by atoms with van der Waals surface area (Å²) in [6.07, 6.45) is 3.41. The summed E-state index contributed by atoms with van der Waals surface area (Å²) in [5.74, 6) is 0. The molecule has 60 valence electrons. The average Bonchev–Trinajstić information content (AvgIpc) is 1.88. The summed E-state index contributed by atoms with van der Waals surface area (Å²) in [7, 11) is 2.30. The molecule has 0 N–H and O–H groups in total. The van der Waals surface area contributed by atoms with Crippen LogP contribution in [0.1, 0.15) is 26.7 Å². The van der Waals surface area contributed by atoms with Crippen molar-refractivity contribution in [3.8, 4) is 0 Å². The van der Waals surface area contributed by atoms with Gasteiger partial charge in [0.25, 0.3) is 0 Å². The number of hydrogen-bond donors (Lipinski definition) is 0. The molecule has 0 aromatic heterocycles. The Labute approximate surface area is 66.2 Å². The molecule has 0 aromatic carbocycles. The van der Waals surface area contributed by atoms with Gasteiger partial charge in [-0.1, -0.05) is 13.8 Å². The zero-order valence-corrected chi connectivity index (χ0v) is 8.71. The van der Waals surface area contributed by atoms with E-state index in [4.69, 9.17) is 0 Å². The van der Waals surface area contributed by atoms with Gasteiger partial charge in [0.1, 0.15) is 0 Å². The summed E-state index contributed by atoms with van der Waals surface area (Å²) < 4.78 is 5.20. The molecule has 1 saturated heterocycles. The molecule has 0 aromatic rings. The Kier molecular flexibility index (Phi) is 2.89. The Morgan fingerprint density at radius 3 is 2.50 bits per heavy atom. The lowest BCUT2D eigenvalue weighted by atomic mass is 10.3. The largest absolute Gasteiger partial charge is 0.305 e. The average molecular weight is 158 g/mol. The van der Waals surface area contributed by atoms with Crippen LogP contribution in [0, 0.1) is 0 Å². The van der Waals surface area contributed by atoms with Gasteiger partial charge in [-0.15, -0.1) is 0 Å². The smallest absolute Gasteiger partial charge is 0.175 e. The quantitative estimate of drug-likeness (QED) is 0.548. The van der Waals surface area contributed by atoms with Gasteiger partial charge in [0.15, 0.2) is 9.84 Å². The lowest BCUT2D eigenvalue weighted by molar-refractivity contribution is 0.113. The Hall–Kier alpha value is 0.137. The monoisotopic (exact) mass is 158 g/mol. The fraction of sp³-hybridized carbons (Fsp3) is 1.00. The fourth-order valence-corrected chi connectivity index (χ4v) is 3.86. The standard InChI is InChI=1S/C7H18N2Si/c1-4-6-9-7(5-2)8(3)10-9/h7H,4-6,10H2,1-3H3. The molecule has 1 heterocycles. The highest BCUT2D eigenvalue weighted by molar-refractivity contribution is 6.31. The molecule has 10 heavy (non-hydrogen) atoms. The zero-order valence-electron chi connectivity index (χ0n) is 7.30. The second kappa shape index (κ2) is 3.51. The van der Waals surface area contributed by atoms with Gasteiger partial charge >= 0.3 is 0 Å². The van der Waals surface area contributed by atoms with Crippen LogP contribution < -0.4 is 0 Å². The van der Waals surface area contributed by atoms with Crippen LogP contribution in [-0.4, -0.2) is 38.7 Å². The van der Waals surface area contributed by atoms with Crippen molar-refractivity contribution in [2.24, 2.45) is 0 Å². The maximum Gasteiger partial charge on any atom is 0.175 e. The molecule has 3 heteroatoms. The van der Waals surface area contributed by atoms with Crippen LogP contribution in [0.3, 0.4) is 0 Å². The lowest BCUT2D eigenvalue weighted by Gasteiger charge is -2.49. The van der Waals surface area contributed by atoms with Crippen LogP contribution in [0.4, 0.5) is 0 Å². The third-order valence-corrected chi connectivity index (χ3v) is 4.18. The molecular formula is C7H18N2Si. The first-order valence-electron chi connectivity index (χ1n) is 4.23. The molecule has 0 spiro atoms. The predicted octanol–water partition coefficient (Wildman–Crippen LogP) is 0.379. The third kappa shape index (κ3) is 1.41. The van der Waals surface area contributed by atoms with E-state index in [-0.39, 0.29) is 9.84 Å². The molecule has 2 nitrogen and oxygen atoms in total. The lowest BCUT2D eigenvalue weighted by Crippen LogP contribution is -2.64. The van der Waals surface area contributed by atoms with E-state index in [9.17, 15) is 0 Å². The highest BCUT2D eigenvalue weighted by Crippen LogP contribution is 2.16. The van der Waals surface area contributed by atoms with E-state index in [1.807, 2.05) is 0 Å². The van der Waals surface area contributed by atoms with E-state index >= 15 is 0 Å². The minimum absolute atomic E-state index is 0.0406. The van der Waals surface area contributed by atoms with E-state index in [1.165, 1.54) is 19.4 Å². The van der Waals surface area contributed by atoms with E-state index in [0.29, 0.717) is 0 Å². The third-order valence-electron chi connectivity index (χ3n) is 2.21. The van der Waals surface area contributed by atoms with Crippen molar-refractivity contribution < 1.29 is 0 Å². The molecule has 1 rings (SSSR count). The second-order valence-electron chi connectivity index (χ2n) is 3.10. The van der Waals surface area contributed by atoms with Crippen LogP contribution in [0.2, 0.25) is 0 Å². The minimum Gasteiger partial charge on any atom is -0.305 e. The van der Waals surface area contributed by atoms with E-state index < -0.39 is 0 Å². The molecule has 1 aliphatic rings. The maximum absolute atomic E-state index is 2.67. The summed E-state index contributed by atoms with van der Waals surface area (Å²) in [4.78, 5) is 0. The van der Waals surface area contributed by atoms with Crippen molar-refractivity contribution in [1.82, 2.24) is 9.13 Å². The van der Waals surface area contributed by atoms with Gasteiger partial charge in [0.2, 0.25) is 0 Å². The van der Waals surface area contributed by atoms with Crippen molar-refractivity contribution in [3.63, 3.8) is 0 Å². The van der Waals surface area contributed by atoms with Crippen LogP contribution >= 0.6 is 0 Å². The molecule has 0 radical (unpaired) electrons. The van der Waals surface area contributed by atoms with Gasteiger partial charge in [-0.25, -0.2) is 0 Å². The Bertz CT molecular complexity index is 106. The first-order chi connectivity index (χ1) is 4.79. The van der Waals surface area contributed by atoms with Crippen molar-refractivity contribution in [3.05, 3.63) is 0 Å². The predicted molar refractivity (Wildman–Crippen MR) is 47.4 cm³/mol. The topological polar surface area (TPSA) is 6.48 Å². The van der Waals surface area contributed by atoms with Crippen LogP contribution in [0.15, 0.2) is 0 Å². The van der Waals surface area contributed by atoms with Crippen molar-refractivity contribution in [2.75, 3.05) is 13.6 Å². The number of nitrogens with zero attached hydrogens (tertiary/aromatic N) is 2. The van der Waals surface area contributed by atoms with Gasteiger partial charge < -0.3 is 9.13 Å². The van der Waals surface area contributed by atoms with Gasteiger partial charge in [0.05, 0.1) is 6.17 Å². The maximum atomic E-state index is 2.67. The van der Waals surface area contributed by atoms with Crippen LogP contribution in [0.5, 0.6) is 0 Å². The molecule has 0 saturated carbocycles. The number of hydrogen-bond acceptors (Lipinski definition) is 2. The van der Waals surface area contributed by atoms with Crippen molar-refractivity contribution in [2.45, 2.75) is 32.9 Å². The molecule has 1 fully saturated rings. The summed E-state index contributed by atoms with van der Waals surface area (Å²) in [6.45, 7) is 5.87. The summed E-state index contributed by atoms with van der Waals surface area (Å²) in [5, 5.41) is 0. The Morgan fingerprint density at radius 2 is 2.10 bits per heavy atom. The van der Waals surface area contributed by atoms with Crippen molar-refractivity contribution >= 4 is 9.84 Å².